The lowest BCUT2D eigenvalue weighted by atomic mass is 9.88. The summed E-state index contributed by atoms with van der Waals surface area (Å²) in [7, 11) is 1.66. The molecule has 1 aliphatic carbocycles. The van der Waals surface area contributed by atoms with Gasteiger partial charge in [0.1, 0.15) is 6.61 Å². The molecule has 0 amide bonds. The Labute approximate surface area is 142 Å². The summed E-state index contributed by atoms with van der Waals surface area (Å²) in [6.07, 6.45) is 3.28. The third kappa shape index (κ3) is 4.18. The molecule has 1 unspecified atom stereocenters. The lowest BCUT2D eigenvalue weighted by molar-refractivity contribution is 0.283. The van der Waals surface area contributed by atoms with Crippen molar-refractivity contribution in [2.45, 2.75) is 25.3 Å². The molecule has 0 spiro atoms. The molecule has 3 rings (SSSR count). The third-order valence-electron chi connectivity index (χ3n) is 4.26. The zero-order valence-electron chi connectivity index (χ0n) is 13.3. The summed E-state index contributed by atoms with van der Waals surface area (Å²) in [5.41, 5.74) is 2.80. The molecule has 2 aromatic carbocycles. The quantitative estimate of drug-likeness (QED) is 0.815. The van der Waals surface area contributed by atoms with Crippen molar-refractivity contribution in [1.82, 2.24) is 5.32 Å². The SMILES string of the molecule is COc1ccccc1OCCNC1CCc2cc(Cl)ccc2C1. The van der Waals surface area contributed by atoms with Gasteiger partial charge in [-0.1, -0.05) is 29.8 Å². The van der Waals surface area contributed by atoms with Crippen LogP contribution in [0.3, 0.4) is 0 Å². The molecule has 1 aliphatic rings. The molecule has 0 heterocycles. The van der Waals surface area contributed by atoms with E-state index in [0.29, 0.717) is 12.6 Å². The van der Waals surface area contributed by atoms with Crippen LogP contribution in [0.15, 0.2) is 42.5 Å². The maximum absolute atomic E-state index is 6.06. The molecule has 0 radical (unpaired) electrons. The Morgan fingerprint density at radius 3 is 2.78 bits per heavy atom. The number of methoxy groups -OCH3 is 1. The first-order valence-corrected chi connectivity index (χ1v) is 8.40. The van der Waals surface area contributed by atoms with Crippen LogP contribution < -0.4 is 14.8 Å². The first kappa shape index (κ1) is 16.2. The lowest BCUT2D eigenvalue weighted by Gasteiger charge is -2.25. The number of halogens is 1. The highest BCUT2D eigenvalue weighted by molar-refractivity contribution is 6.30. The highest BCUT2D eigenvalue weighted by atomic mass is 35.5. The summed E-state index contributed by atoms with van der Waals surface area (Å²) in [4.78, 5) is 0. The number of benzene rings is 2. The summed E-state index contributed by atoms with van der Waals surface area (Å²) in [5, 5.41) is 4.42. The largest absolute Gasteiger partial charge is 0.493 e. The minimum absolute atomic E-state index is 0.505. The number of hydrogen-bond acceptors (Lipinski definition) is 3. The van der Waals surface area contributed by atoms with E-state index in [2.05, 4.69) is 17.4 Å². The van der Waals surface area contributed by atoms with Crippen molar-refractivity contribution in [3.05, 3.63) is 58.6 Å². The summed E-state index contributed by atoms with van der Waals surface area (Å²) < 4.78 is 11.1. The molecular weight excluding hydrogens is 310 g/mol. The van der Waals surface area contributed by atoms with E-state index in [1.807, 2.05) is 30.3 Å². The van der Waals surface area contributed by atoms with Crippen LogP contribution >= 0.6 is 11.6 Å². The monoisotopic (exact) mass is 331 g/mol. The van der Waals surface area contributed by atoms with Crippen molar-refractivity contribution in [2.75, 3.05) is 20.3 Å². The van der Waals surface area contributed by atoms with E-state index in [-0.39, 0.29) is 0 Å². The fraction of sp³-hybridized carbons (Fsp3) is 0.368. The molecular formula is C19H22ClNO2. The highest BCUT2D eigenvalue weighted by Gasteiger charge is 2.18. The van der Waals surface area contributed by atoms with Crippen molar-refractivity contribution in [1.29, 1.82) is 0 Å². The van der Waals surface area contributed by atoms with E-state index in [4.69, 9.17) is 21.1 Å². The highest BCUT2D eigenvalue weighted by Crippen LogP contribution is 2.26. The standard InChI is InChI=1S/C19H22ClNO2/c1-22-18-4-2-3-5-19(18)23-11-10-21-17-9-7-14-12-16(20)8-6-15(14)13-17/h2-6,8,12,17,21H,7,9-11,13H2,1H3. The van der Waals surface area contributed by atoms with Gasteiger partial charge >= 0.3 is 0 Å². The van der Waals surface area contributed by atoms with E-state index >= 15 is 0 Å². The van der Waals surface area contributed by atoms with E-state index in [9.17, 15) is 0 Å². The zero-order valence-corrected chi connectivity index (χ0v) is 14.1. The molecule has 4 heteroatoms. The minimum Gasteiger partial charge on any atom is -0.493 e. The van der Waals surface area contributed by atoms with E-state index in [1.165, 1.54) is 11.1 Å². The van der Waals surface area contributed by atoms with Crippen LogP contribution in [0.1, 0.15) is 17.5 Å². The minimum atomic E-state index is 0.505. The second-order valence-electron chi connectivity index (χ2n) is 5.81. The number of rotatable bonds is 6. The molecule has 23 heavy (non-hydrogen) atoms. The van der Waals surface area contributed by atoms with Crippen LogP contribution in [0.4, 0.5) is 0 Å². The summed E-state index contributed by atoms with van der Waals surface area (Å²) >= 11 is 6.06. The molecule has 1 N–H and O–H groups in total. The predicted molar refractivity (Wildman–Crippen MR) is 93.8 cm³/mol. The molecule has 0 saturated heterocycles. The Kier molecular flexibility index (Phi) is 5.42. The Morgan fingerprint density at radius 2 is 1.96 bits per heavy atom. The van der Waals surface area contributed by atoms with Crippen LogP contribution in [0.25, 0.3) is 0 Å². The maximum atomic E-state index is 6.06. The van der Waals surface area contributed by atoms with Crippen LogP contribution in [0.5, 0.6) is 11.5 Å². The van der Waals surface area contributed by atoms with Crippen LogP contribution in [0.2, 0.25) is 5.02 Å². The number of hydrogen-bond donors (Lipinski definition) is 1. The van der Waals surface area contributed by atoms with E-state index in [1.54, 1.807) is 7.11 Å². The molecule has 3 nitrogen and oxygen atoms in total. The van der Waals surface area contributed by atoms with E-state index in [0.717, 1.165) is 42.3 Å². The summed E-state index contributed by atoms with van der Waals surface area (Å²) in [5.74, 6) is 1.57. The lowest BCUT2D eigenvalue weighted by Crippen LogP contribution is -2.37. The molecule has 0 aliphatic heterocycles. The molecule has 0 bridgehead atoms. The van der Waals surface area contributed by atoms with Crippen molar-refractivity contribution < 1.29 is 9.47 Å². The van der Waals surface area contributed by atoms with Crippen molar-refractivity contribution in [2.24, 2.45) is 0 Å². The predicted octanol–water partition coefficient (Wildman–Crippen LogP) is 3.87. The average molecular weight is 332 g/mol. The maximum Gasteiger partial charge on any atom is 0.161 e. The van der Waals surface area contributed by atoms with Gasteiger partial charge in [-0.15, -0.1) is 0 Å². The second-order valence-corrected chi connectivity index (χ2v) is 6.24. The first-order chi connectivity index (χ1) is 11.3. The average Bonchev–Trinajstić information content (AvgIpc) is 2.59. The van der Waals surface area contributed by atoms with Crippen molar-refractivity contribution in [3.8, 4) is 11.5 Å². The zero-order chi connectivity index (χ0) is 16.1. The van der Waals surface area contributed by atoms with Gasteiger partial charge < -0.3 is 14.8 Å². The normalized spacial score (nSPS) is 16.7. The van der Waals surface area contributed by atoms with Crippen LogP contribution in [-0.2, 0) is 12.8 Å². The Morgan fingerprint density at radius 1 is 1.13 bits per heavy atom. The summed E-state index contributed by atoms with van der Waals surface area (Å²) in [6, 6.07) is 14.5. The molecule has 2 aromatic rings. The van der Waals surface area contributed by atoms with Gasteiger partial charge in [-0.25, -0.2) is 0 Å². The van der Waals surface area contributed by atoms with Gasteiger partial charge in [-0.2, -0.15) is 0 Å². The first-order valence-electron chi connectivity index (χ1n) is 8.03. The topological polar surface area (TPSA) is 30.5 Å². The number of ether oxygens (including phenoxy) is 2. The van der Waals surface area contributed by atoms with Gasteiger partial charge in [-0.3, -0.25) is 0 Å². The van der Waals surface area contributed by atoms with Gasteiger partial charge in [0, 0.05) is 17.6 Å². The fourth-order valence-electron chi connectivity index (χ4n) is 3.06. The second kappa shape index (κ2) is 7.71. The molecule has 0 aromatic heterocycles. The molecule has 0 fully saturated rings. The Balaban J connectivity index is 1.46. The van der Waals surface area contributed by atoms with E-state index < -0.39 is 0 Å². The summed E-state index contributed by atoms with van der Waals surface area (Å²) in [6.45, 7) is 1.45. The number of nitrogens with one attached hydrogen (secondary N) is 1. The van der Waals surface area contributed by atoms with Gasteiger partial charge in [0.05, 0.1) is 7.11 Å². The molecule has 0 saturated carbocycles. The van der Waals surface area contributed by atoms with Crippen molar-refractivity contribution in [3.63, 3.8) is 0 Å². The fourth-order valence-corrected chi connectivity index (χ4v) is 3.25. The smallest absolute Gasteiger partial charge is 0.161 e. The van der Waals surface area contributed by atoms with Gasteiger partial charge in [0.2, 0.25) is 0 Å². The van der Waals surface area contributed by atoms with Crippen LogP contribution in [0, 0.1) is 0 Å². The Bertz CT molecular complexity index is 660. The van der Waals surface area contributed by atoms with Gasteiger partial charge in [0.25, 0.3) is 0 Å². The molecule has 1 atom stereocenters. The number of aryl methyl sites for hydroxylation is 1. The molecule has 122 valence electrons. The number of para-hydroxylation sites is 2. The third-order valence-corrected chi connectivity index (χ3v) is 4.49. The van der Waals surface area contributed by atoms with Gasteiger partial charge in [0.15, 0.2) is 11.5 Å². The Hall–Kier alpha value is -1.71. The van der Waals surface area contributed by atoms with Crippen LogP contribution in [-0.4, -0.2) is 26.3 Å². The van der Waals surface area contributed by atoms with Gasteiger partial charge in [-0.05, 0) is 54.7 Å². The van der Waals surface area contributed by atoms with Crippen molar-refractivity contribution >= 4 is 11.6 Å². The number of fused-ring (bicyclic) bond motifs is 1.